The summed E-state index contributed by atoms with van der Waals surface area (Å²) in [7, 11) is 1.60. The normalized spacial score (nSPS) is 9.83. The number of methoxy groups -OCH3 is 1. The molecule has 0 saturated heterocycles. The zero-order chi connectivity index (χ0) is 16.7. The average Bonchev–Trinajstić information content (AvgIpc) is 2.54. The monoisotopic (exact) mass is 313 g/mol. The van der Waals surface area contributed by atoms with E-state index in [2.05, 4.69) is 16.0 Å². The summed E-state index contributed by atoms with van der Waals surface area (Å²) >= 11 is 0. The Bertz CT molecular complexity index is 684. The molecule has 6 nitrogen and oxygen atoms in total. The van der Waals surface area contributed by atoms with Gasteiger partial charge in [-0.2, -0.15) is 0 Å². The van der Waals surface area contributed by atoms with Crippen molar-refractivity contribution in [2.24, 2.45) is 0 Å². The fraction of sp³-hybridized carbons (Fsp3) is 0.176. The van der Waals surface area contributed by atoms with Crippen LogP contribution in [0.15, 0.2) is 48.5 Å². The summed E-state index contributed by atoms with van der Waals surface area (Å²) in [5.41, 5.74) is 2.27. The van der Waals surface area contributed by atoms with Crippen LogP contribution in [0.3, 0.4) is 0 Å². The van der Waals surface area contributed by atoms with Crippen molar-refractivity contribution in [2.75, 3.05) is 17.7 Å². The first-order valence-electron chi connectivity index (χ1n) is 7.12. The van der Waals surface area contributed by atoms with Crippen LogP contribution in [0.5, 0.6) is 5.75 Å². The van der Waals surface area contributed by atoms with Gasteiger partial charge in [0.25, 0.3) is 0 Å². The number of carbonyl (C=O) groups is 2. The third-order valence-corrected chi connectivity index (χ3v) is 3.05. The second-order valence-electron chi connectivity index (χ2n) is 4.92. The Morgan fingerprint density at radius 2 is 1.65 bits per heavy atom. The van der Waals surface area contributed by atoms with Crippen LogP contribution in [0.2, 0.25) is 0 Å². The highest BCUT2D eigenvalue weighted by atomic mass is 16.5. The fourth-order valence-corrected chi connectivity index (χ4v) is 1.98. The minimum Gasteiger partial charge on any atom is -0.497 e. The molecule has 3 N–H and O–H groups in total. The summed E-state index contributed by atoms with van der Waals surface area (Å²) in [5, 5.41) is 8.16. The molecule has 0 radical (unpaired) electrons. The number of hydrogen-bond acceptors (Lipinski definition) is 3. The molecule has 2 aromatic rings. The first-order valence-corrected chi connectivity index (χ1v) is 7.12. The van der Waals surface area contributed by atoms with Crippen molar-refractivity contribution in [2.45, 2.75) is 13.5 Å². The zero-order valence-electron chi connectivity index (χ0n) is 13.1. The van der Waals surface area contributed by atoms with Crippen molar-refractivity contribution in [3.05, 3.63) is 54.1 Å². The Labute approximate surface area is 134 Å². The predicted molar refractivity (Wildman–Crippen MR) is 89.6 cm³/mol. The van der Waals surface area contributed by atoms with Crippen molar-refractivity contribution in [3.63, 3.8) is 0 Å². The number of carbonyl (C=O) groups excluding carboxylic acids is 2. The minimum atomic E-state index is -0.305. The Kier molecular flexibility index (Phi) is 5.57. The molecule has 0 bridgehead atoms. The maximum atomic E-state index is 11.9. The van der Waals surface area contributed by atoms with Gasteiger partial charge in [0.1, 0.15) is 5.75 Å². The number of hydrogen-bond donors (Lipinski definition) is 3. The molecule has 0 aliphatic rings. The molecule has 6 heteroatoms. The lowest BCUT2D eigenvalue weighted by molar-refractivity contribution is -0.114. The number of nitrogens with one attached hydrogen (secondary N) is 3. The predicted octanol–water partition coefficient (Wildman–Crippen LogP) is 2.98. The summed E-state index contributed by atoms with van der Waals surface area (Å²) in [5.74, 6) is 0.611. The number of rotatable bonds is 5. The van der Waals surface area contributed by atoms with E-state index in [0.29, 0.717) is 17.9 Å². The molecule has 0 aliphatic heterocycles. The lowest BCUT2D eigenvalue weighted by atomic mass is 10.2. The van der Waals surface area contributed by atoms with Gasteiger partial charge in [0.15, 0.2) is 0 Å². The number of amides is 3. The molecular formula is C17H19N3O3. The summed E-state index contributed by atoms with van der Waals surface area (Å²) in [6.45, 7) is 1.84. The van der Waals surface area contributed by atoms with Crippen molar-refractivity contribution >= 4 is 23.3 Å². The summed E-state index contributed by atoms with van der Waals surface area (Å²) < 4.78 is 5.14. The van der Waals surface area contributed by atoms with E-state index in [9.17, 15) is 9.59 Å². The van der Waals surface area contributed by atoms with Crippen LogP contribution >= 0.6 is 0 Å². The topological polar surface area (TPSA) is 79.5 Å². The van der Waals surface area contributed by atoms with Gasteiger partial charge < -0.3 is 20.7 Å². The molecule has 0 aliphatic carbocycles. The second kappa shape index (κ2) is 7.84. The van der Waals surface area contributed by atoms with Gasteiger partial charge in [0, 0.05) is 24.8 Å². The smallest absolute Gasteiger partial charge is 0.319 e. The Hall–Kier alpha value is -3.02. The second-order valence-corrected chi connectivity index (χ2v) is 4.92. The van der Waals surface area contributed by atoms with Crippen LogP contribution in [0, 0.1) is 0 Å². The minimum absolute atomic E-state index is 0.137. The molecule has 23 heavy (non-hydrogen) atoms. The Morgan fingerprint density at radius 3 is 2.26 bits per heavy atom. The molecule has 2 aromatic carbocycles. The standard InChI is InChI=1S/C17H19N3O3/c1-12(21)19-14-6-8-15(9-7-14)20-17(22)18-11-13-4-3-5-16(10-13)23-2/h3-10H,11H2,1-2H3,(H,19,21)(H2,18,20,22). The maximum absolute atomic E-state index is 11.9. The van der Waals surface area contributed by atoms with E-state index in [4.69, 9.17) is 4.74 Å². The number of anilines is 2. The maximum Gasteiger partial charge on any atom is 0.319 e. The van der Waals surface area contributed by atoms with Crippen molar-refractivity contribution in [3.8, 4) is 5.75 Å². The van der Waals surface area contributed by atoms with E-state index in [1.807, 2.05) is 24.3 Å². The van der Waals surface area contributed by atoms with E-state index < -0.39 is 0 Å². The Morgan fingerprint density at radius 1 is 1.00 bits per heavy atom. The fourth-order valence-electron chi connectivity index (χ4n) is 1.98. The molecule has 2 rings (SSSR count). The van der Waals surface area contributed by atoms with Crippen LogP contribution in [0.4, 0.5) is 16.2 Å². The highest BCUT2D eigenvalue weighted by Crippen LogP contribution is 2.14. The third kappa shape index (κ3) is 5.35. The quantitative estimate of drug-likeness (QED) is 0.794. The van der Waals surface area contributed by atoms with Gasteiger partial charge in [-0.1, -0.05) is 12.1 Å². The molecule has 0 atom stereocenters. The lowest BCUT2D eigenvalue weighted by Crippen LogP contribution is -2.28. The molecular weight excluding hydrogens is 294 g/mol. The van der Waals surface area contributed by atoms with Gasteiger partial charge in [-0.05, 0) is 42.0 Å². The van der Waals surface area contributed by atoms with Gasteiger partial charge in [-0.3, -0.25) is 4.79 Å². The highest BCUT2D eigenvalue weighted by molar-refractivity contribution is 5.91. The average molecular weight is 313 g/mol. The van der Waals surface area contributed by atoms with Gasteiger partial charge in [-0.25, -0.2) is 4.79 Å². The van der Waals surface area contributed by atoms with E-state index in [1.165, 1.54) is 6.92 Å². The van der Waals surface area contributed by atoms with Crippen LogP contribution in [0.25, 0.3) is 0 Å². The lowest BCUT2D eigenvalue weighted by Gasteiger charge is -2.09. The van der Waals surface area contributed by atoms with Crippen LogP contribution in [-0.2, 0) is 11.3 Å². The van der Waals surface area contributed by atoms with E-state index >= 15 is 0 Å². The van der Waals surface area contributed by atoms with Crippen molar-refractivity contribution in [1.29, 1.82) is 0 Å². The van der Waals surface area contributed by atoms with Gasteiger partial charge in [0.2, 0.25) is 5.91 Å². The van der Waals surface area contributed by atoms with Crippen LogP contribution in [-0.4, -0.2) is 19.0 Å². The largest absolute Gasteiger partial charge is 0.497 e. The number of ether oxygens (including phenoxy) is 1. The summed E-state index contributed by atoms with van der Waals surface area (Å²) in [4.78, 5) is 22.8. The molecule has 0 spiro atoms. The van der Waals surface area contributed by atoms with E-state index in [-0.39, 0.29) is 11.9 Å². The van der Waals surface area contributed by atoms with E-state index in [1.54, 1.807) is 31.4 Å². The van der Waals surface area contributed by atoms with Crippen LogP contribution in [0.1, 0.15) is 12.5 Å². The molecule has 0 unspecified atom stereocenters. The van der Waals surface area contributed by atoms with Crippen LogP contribution < -0.4 is 20.7 Å². The SMILES string of the molecule is COc1cccc(CNC(=O)Nc2ccc(NC(C)=O)cc2)c1. The van der Waals surface area contributed by atoms with Crippen molar-refractivity contribution < 1.29 is 14.3 Å². The van der Waals surface area contributed by atoms with Gasteiger partial charge in [0.05, 0.1) is 7.11 Å². The van der Waals surface area contributed by atoms with Crippen molar-refractivity contribution in [1.82, 2.24) is 5.32 Å². The molecule has 0 aromatic heterocycles. The number of benzene rings is 2. The first-order chi connectivity index (χ1) is 11.1. The zero-order valence-corrected chi connectivity index (χ0v) is 13.1. The first kappa shape index (κ1) is 16.4. The molecule has 120 valence electrons. The number of urea groups is 1. The highest BCUT2D eigenvalue weighted by Gasteiger charge is 2.03. The molecule has 0 heterocycles. The molecule has 0 saturated carbocycles. The van der Waals surface area contributed by atoms with Gasteiger partial charge >= 0.3 is 6.03 Å². The third-order valence-electron chi connectivity index (χ3n) is 3.05. The Balaban J connectivity index is 1.85. The summed E-state index contributed by atoms with van der Waals surface area (Å²) in [6, 6.07) is 14.1. The molecule has 0 fully saturated rings. The summed E-state index contributed by atoms with van der Waals surface area (Å²) in [6.07, 6.45) is 0. The van der Waals surface area contributed by atoms with Gasteiger partial charge in [-0.15, -0.1) is 0 Å². The van der Waals surface area contributed by atoms with E-state index in [0.717, 1.165) is 11.3 Å². The molecule has 3 amide bonds.